The summed E-state index contributed by atoms with van der Waals surface area (Å²) in [7, 11) is -0.197. The Kier molecular flexibility index (Phi) is 9.60. The van der Waals surface area contributed by atoms with Crippen molar-refractivity contribution in [2.45, 2.75) is 69.9 Å². The molecule has 2 unspecified atom stereocenters. The molecule has 4 atom stereocenters. The lowest BCUT2D eigenvalue weighted by Gasteiger charge is -2.57. The van der Waals surface area contributed by atoms with Crippen molar-refractivity contribution in [3.05, 3.63) is 100 Å². The van der Waals surface area contributed by atoms with Gasteiger partial charge in [-0.3, -0.25) is 9.59 Å². The van der Waals surface area contributed by atoms with Gasteiger partial charge in [0.25, 0.3) is 0 Å². The highest BCUT2D eigenvalue weighted by Gasteiger charge is 2.57. The van der Waals surface area contributed by atoms with Crippen molar-refractivity contribution in [2.24, 2.45) is 5.41 Å². The summed E-state index contributed by atoms with van der Waals surface area (Å²) in [6.45, 7) is 4.58. The van der Waals surface area contributed by atoms with Gasteiger partial charge in [0.15, 0.2) is 0 Å². The molecule has 0 aromatic heterocycles. The van der Waals surface area contributed by atoms with Crippen LogP contribution in [0, 0.1) is 5.41 Å². The van der Waals surface area contributed by atoms with Crippen molar-refractivity contribution in [3.63, 3.8) is 0 Å². The summed E-state index contributed by atoms with van der Waals surface area (Å²) in [5.74, 6) is -1.21. The van der Waals surface area contributed by atoms with Gasteiger partial charge < -0.3 is 14.3 Å². The zero-order chi connectivity index (χ0) is 30.8. The molecule has 0 spiro atoms. The molecule has 1 N–H and O–H groups in total. The van der Waals surface area contributed by atoms with E-state index in [9.17, 15) is 9.90 Å². The SMILES string of the molecule is C/C=S(\C)N(CC1(N2C(=O)[C@@](C)(CC(=O)O)C[C@H](c3cccc(Cl)c3)C2c2ccc(Cl)cc2)CCCC1)c1ccccc1. The van der Waals surface area contributed by atoms with Gasteiger partial charge in [0.2, 0.25) is 5.91 Å². The number of halogens is 2. The van der Waals surface area contributed by atoms with Crippen molar-refractivity contribution in [1.82, 2.24) is 4.90 Å². The monoisotopic (exact) mass is 638 g/mol. The Bertz CT molecular complexity index is 1490. The number of hydrogen-bond donors (Lipinski definition) is 1. The molecule has 2 aliphatic rings. The first-order chi connectivity index (χ1) is 20.6. The van der Waals surface area contributed by atoms with Gasteiger partial charge >= 0.3 is 5.97 Å². The van der Waals surface area contributed by atoms with E-state index < -0.39 is 16.9 Å². The smallest absolute Gasteiger partial charge is 0.304 e. The number of piperidine rings is 1. The minimum absolute atomic E-state index is 0.0838. The number of carbonyl (C=O) groups excluding carboxylic acids is 1. The molecule has 1 aliphatic carbocycles. The van der Waals surface area contributed by atoms with Gasteiger partial charge in [-0.2, -0.15) is 0 Å². The topological polar surface area (TPSA) is 60.9 Å². The lowest BCUT2D eigenvalue weighted by atomic mass is 9.66. The molecule has 1 heterocycles. The van der Waals surface area contributed by atoms with Crippen LogP contribution in [0.1, 0.15) is 75.5 Å². The van der Waals surface area contributed by atoms with E-state index in [1.54, 1.807) is 0 Å². The third-order valence-electron chi connectivity index (χ3n) is 9.31. The van der Waals surface area contributed by atoms with Crippen molar-refractivity contribution < 1.29 is 14.7 Å². The molecule has 2 fully saturated rings. The second-order valence-electron chi connectivity index (χ2n) is 12.2. The van der Waals surface area contributed by atoms with Crippen LogP contribution in [0.4, 0.5) is 5.69 Å². The minimum Gasteiger partial charge on any atom is -0.481 e. The standard InChI is InChI=1S/C35H40Cl2N2O3S/c1-4-43(3)38(29-13-6-5-7-14-29)24-35(19-8-9-20-35)39-32(25-15-17-27(36)18-16-25)30(26-11-10-12-28(37)21-26)22-34(2,33(39)42)23-31(40)41/h4-7,10-18,21,30,32H,8-9,19-20,22-24H2,1-3H3,(H,40,41)/t30-,32?,34-,43?/m1/s1. The van der Waals surface area contributed by atoms with Crippen LogP contribution in [0.3, 0.4) is 0 Å². The summed E-state index contributed by atoms with van der Waals surface area (Å²) in [6, 6.07) is 25.7. The molecule has 1 amide bonds. The van der Waals surface area contributed by atoms with E-state index in [1.165, 1.54) is 0 Å². The summed E-state index contributed by atoms with van der Waals surface area (Å²) < 4.78 is 2.43. The number of likely N-dealkylation sites (tertiary alicyclic amines) is 1. The molecule has 228 valence electrons. The molecular weight excluding hydrogens is 599 g/mol. The highest BCUT2D eigenvalue weighted by atomic mass is 35.5. The van der Waals surface area contributed by atoms with Crippen LogP contribution in [0.2, 0.25) is 10.0 Å². The fraction of sp³-hybridized carbons (Fsp3) is 0.400. The number of hydrogen-bond acceptors (Lipinski definition) is 3. The molecule has 8 heteroatoms. The first-order valence-electron chi connectivity index (χ1n) is 14.9. The van der Waals surface area contributed by atoms with Gasteiger partial charge in [0, 0.05) is 21.7 Å². The first-order valence-corrected chi connectivity index (χ1v) is 17.3. The lowest BCUT2D eigenvalue weighted by Crippen LogP contribution is -2.63. The average molecular weight is 640 g/mol. The number of rotatable bonds is 9. The Morgan fingerprint density at radius 2 is 1.67 bits per heavy atom. The average Bonchev–Trinajstić information content (AvgIpc) is 3.46. The third kappa shape index (κ3) is 6.52. The molecule has 5 rings (SSSR count). The molecule has 1 saturated carbocycles. The number of aliphatic carboxylic acids is 1. The Morgan fingerprint density at radius 1 is 1.00 bits per heavy atom. The third-order valence-corrected chi connectivity index (χ3v) is 11.5. The van der Waals surface area contributed by atoms with Gasteiger partial charge in [-0.05, 0) is 85.3 Å². The van der Waals surface area contributed by atoms with Crippen LogP contribution in [-0.2, 0) is 9.59 Å². The Hall–Kier alpha value is -2.80. The Morgan fingerprint density at radius 3 is 2.28 bits per heavy atom. The number of anilines is 1. The second-order valence-corrected chi connectivity index (χ2v) is 15.1. The number of amides is 1. The van der Waals surface area contributed by atoms with Crippen LogP contribution >= 0.6 is 33.9 Å². The van der Waals surface area contributed by atoms with E-state index in [1.807, 2.05) is 55.5 Å². The molecule has 43 heavy (non-hydrogen) atoms. The molecule has 3 aromatic rings. The maximum Gasteiger partial charge on any atom is 0.304 e. The highest BCUT2D eigenvalue weighted by Crippen LogP contribution is 2.56. The van der Waals surface area contributed by atoms with Crippen LogP contribution in [0.25, 0.3) is 0 Å². The number of benzene rings is 3. The fourth-order valence-corrected chi connectivity index (χ4v) is 8.69. The predicted octanol–water partition coefficient (Wildman–Crippen LogP) is 8.99. The van der Waals surface area contributed by atoms with E-state index in [0.717, 1.165) is 42.5 Å². The molecule has 3 aromatic carbocycles. The summed E-state index contributed by atoms with van der Waals surface area (Å²) in [5.41, 5.74) is 1.53. The van der Waals surface area contributed by atoms with E-state index in [-0.39, 0.29) is 35.0 Å². The number of carbonyl (C=O) groups is 2. The quantitative estimate of drug-likeness (QED) is 0.238. The largest absolute Gasteiger partial charge is 0.481 e. The second kappa shape index (κ2) is 13.1. The zero-order valence-corrected chi connectivity index (χ0v) is 27.3. The molecule has 1 saturated heterocycles. The normalized spacial score (nSPS) is 24.2. The summed E-state index contributed by atoms with van der Waals surface area (Å²) in [5, 5.41) is 13.5. The fourth-order valence-electron chi connectivity index (χ4n) is 7.21. The first kappa shape index (κ1) is 31.6. The lowest BCUT2D eigenvalue weighted by molar-refractivity contribution is -0.165. The van der Waals surface area contributed by atoms with Gasteiger partial charge in [0.1, 0.15) is 0 Å². The Balaban J connectivity index is 1.74. The van der Waals surface area contributed by atoms with Crippen LogP contribution in [0.15, 0.2) is 78.9 Å². The highest BCUT2D eigenvalue weighted by molar-refractivity contribution is 8.15. The summed E-state index contributed by atoms with van der Waals surface area (Å²) in [6.07, 6.45) is 6.09. The zero-order valence-electron chi connectivity index (χ0n) is 25.0. The van der Waals surface area contributed by atoms with Crippen molar-refractivity contribution >= 4 is 56.8 Å². The van der Waals surface area contributed by atoms with E-state index in [2.05, 4.69) is 58.1 Å². The van der Waals surface area contributed by atoms with Gasteiger partial charge in [-0.25, -0.2) is 0 Å². The number of carboxylic acid groups (broad SMARTS) is 1. The number of nitrogens with zero attached hydrogens (tertiary/aromatic N) is 2. The molecular formula is C35H40Cl2N2O3S. The molecule has 5 nitrogen and oxygen atoms in total. The predicted molar refractivity (Wildman–Crippen MR) is 180 cm³/mol. The maximum atomic E-state index is 15.0. The van der Waals surface area contributed by atoms with Gasteiger partial charge in [0.05, 0.1) is 30.0 Å². The summed E-state index contributed by atoms with van der Waals surface area (Å²) in [4.78, 5) is 29.4. The van der Waals surface area contributed by atoms with E-state index in [4.69, 9.17) is 23.2 Å². The van der Waals surface area contributed by atoms with Crippen molar-refractivity contribution in [1.29, 1.82) is 0 Å². The van der Waals surface area contributed by atoms with Gasteiger partial charge in [-0.15, -0.1) is 10.7 Å². The van der Waals surface area contributed by atoms with Crippen molar-refractivity contribution in [3.8, 4) is 0 Å². The van der Waals surface area contributed by atoms with Crippen LogP contribution in [0.5, 0.6) is 0 Å². The minimum atomic E-state index is -1.08. The van der Waals surface area contributed by atoms with Crippen LogP contribution in [-0.4, -0.2) is 45.6 Å². The van der Waals surface area contributed by atoms with Crippen molar-refractivity contribution in [2.75, 3.05) is 17.1 Å². The van der Waals surface area contributed by atoms with E-state index in [0.29, 0.717) is 23.0 Å². The van der Waals surface area contributed by atoms with E-state index >= 15 is 4.79 Å². The maximum absolute atomic E-state index is 15.0. The number of carboxylic acids is 1. The van der Waals surface area contributed by atoms with Crippen LogP contribution < -0.4 is 4.31 Å². The number of para-hydroxylation sites is 1. The molecule has 0 bridgehead atoms. The summed E-state index contributed by atoms with van der Waals surface area (Å²) >= 11 is 12.9. The molecule has 0 radical (unpaired) electrons. The Labute approximate surface area is 267 Å². The van der Waals surface area contributed by atoms with Gasteiger partial charge in [-0.1, -0.05) is 85.4 Å². The molecule has 1 aliphatic heterocycles.